The third-order valence-electron chi connectivity index (χ3n) is 2.72. The number of benzene rings is 1. The maximum Gasteiger partial charge on any atom is 0.128 e. The maximum absolute atomic E-state index is 12.9. The standard InChI is InChI=1S/C13H13ClFN3/c1-17-12(8-2-4-10(15)5-3-8)11-6-9(14)7-18-13(11)16/h2-7,12,17H,1H3,(H2,16,18). The molecule has 0 fully saturated rings. The van der Waals surface area contributed by atoms with Crippen LogP contribution in [0.5, 0.6) is 0 Å². The highest BCUT2D eigenvalue weighted by atomic mass is 35.5. The molecule has 0 radical (unpaired) electrons. The Morgan fingerprint density at radius 1 is 1.33 bits per heavy atom. The molecule has 18 heavy (non-hydrogen) atoms. The minimum atomic E-state index is -0.272. The van der Waals surface area contributed by atoms with Crippen molar-refractivity contribution in [3.05, 3.63) is 58.5 Å². The first-order chi connectivity index (χ1) is 8.61. The minimum absolute atomic E-state index is 0.170. The van der Waals surface area contributed by atoms with Crippen molar-refractivity contribution in [2.75, 3.05) is 12.8 Å². The van der Waals surface area contributed by atoms with Gasteiger partial charge in [0.2, 0.25) is 0 Å². The summed E-state index contributed by atoms with van der Waals surface area (Å²) in [5, 5.41) is 3.64. The van der Waals surface area contributed by atoms with E-state index in [1.165, 1.54) is 18.3 Å². The molecule has 0 saturated carbocycles. The molecule has 5 heteroatoms. The fraction of sp³-hybridized carbons (Fsp3) is 0.154. The highest BCUT2D eigenvalue weighted by Crippen LogP contribution is 2.27. The zero-order valence-corrected chi connectivity index (χ0v) is 10.6. The summed E-state index contributed by atoms with van der Waals surface area (Å²) >= 11 is 5.92. The molecule has 0 aliphatic carbocycles. The average molecular weight is 266 g/mol. The zero-order valence-electron chi connectivity index (χ0n) is 9.82. The third kappa shape index (κ3) is 2.60. The predicted octanol–water partition coefficient (Wildman–Crippen LogP) is 2.77. The molecule has 2 aromatic rings. The summed E-state index contributed by atoms with van der Waals surface area (Å²) in [6.45, 7) is 0. The smallest absolute Gasteiger partial charge is 0.128 e. The Balaban J connectivity index is 2.44. The lowest BCUT2D eigenvalue weighted by Gasteiger charge is -2.18. The second-order valence-corrected chi connectivity index (χ2v) is 4.34. The third-order valence-corrected chi connectivity index (χ3v) is 2.93. The van der Waals surface area contributed by atoms with E-state index in [2.05, 4.69) is 10.3 Å². The van der Waals surface area contributed by atoms with Crippen molar-refractivity contribution < 1.29 is 4.39 Å². The van der Waals surface area contributed by atoms with E-state index in [-0.39, 0.29) is 11.9 Å². The topological polar surface area (TPSA) is 50.9 Å². The average Bonchev–Trinajstić information content (AvgIpc) is 2.37. The predicted molar refractivity (Wildman–Crippen MR) is 71.0 cm³/mol. The van der Waals surface area contributed by atoms with Gasteiger partial charge in [-0.2, -0.15) is 0 Å². The van der Waals surface area contributed by atoms with E-state index in [1.54, 1.807) is 25.2 Å². The van der Waals surface area contributed by atoms with Crippen molar-refractivity contribution in [1.29, 1.82) is 0 Å². The van der Waals surface area contributed by atoms with E-state index >= 15 is 0 Å². The fourth-order valence-corrected chi connectivity index (χ4v) is 2.02. The highest BCUT2D eigenvalue weighted by Gasteiger charge is 2.16. The summed E-state index contributed by atoms with van der Waals surface area (Å²) in [6, 6.07) is 7.82. The molecule has 3 nitrogen and oxygen atoms in total. The van der Waals surface area contributed by atoms with Gasteiger partial charge >= 0.3 is 0 Å². The molecule has 0 saturated heterocycles. The first-order valence-electron chi connectivity index (χ1n) is 5.45. The molecule has 0 aliphatic rings. The zero-order chi connectivity index (χ0) is 13.1. The second-order valence-electron chi connectivity index (χ2n) is 3.90. The first-order valence-corrected chi connectivity index (χ1v) is 5.83. The lowest BCUT2D eigenvalue weighted by Crippen LogP contribution is -2.19. The Kier molecular flexibility index (Phi) is 3.79. The number of nitrogen functional groups attached to an aromatic ring is 1. The summed E-state index contributed by atoms with van der Waals surface area (Å²) in [4.78, 5) is 4.02. The lowest BCUT2D eigenvalue weighted by atomic mass is 9.99. The van der Waals surface area contributed by atoms with Crippen molar-refractivity contribution in [3.63, 3.8) is 0 Å². The Morgan fingerprint density at radius 3 is 2.61 bits per heavy atom. The van der Waals surface area contributed by atoms with Crippen LogP contribution >= 0.6 is 11.6 Å². The minimum Gasteiger partial charge on any atom is -0.383 e. The molecule has 0 aliphatic heterocycles. The Hall–Kier alpha value is -1.65. The number of hydrogen-bond donors (Lipinski definition) is 2. The number of anilines is 1. The van der Waals surface area contributed by atoms with Crippen LogP contribution in [0, 0.1) is 5.82 Å². The van der Waals surface area contributed by atoms with Gasteiger partial charge in [-0.3, -0.25) is 0 Å². The van der Waals surface area contributed by atoms with Gasteiger partial charge in [0.1, 0.15) is 11.6 Å². The Labute approximate surface area is 110 Å². The van der Waals surface area contributed by atoms with Crippen LogP contribution in [-0.4, -0.2) is 12.0 Å². The summed E-state index contributed by atoms with van der Waals surface area (Å²) < 4.78 is 12.9. The van der Waals surface area contributed by atoms with Crippen LogP contribution in [0.3, 0.4) is 0 Å². The summed E-state index contributed by atoms with van der Waals surface area (Å²) in [6.07, 6.45) is 1.50. The molecule has 1 atom stereocenters. The summed E-state index contributed by atoms with van der Waals surface area (Å²) in [5.74, 6) is 0.133. The molecule has 3 N–H and O–H groups in total. The van der Waals surface area contributed by atoms with Crippen LogP contribution < -0.4 is 11.1 Å². The lowest BCUT2D eigenvalue weighted by molar-refractivity contribution is 0.623. The summed E-state index contributed by atoms with van der Waals surface area (Å²) in [5.41, 5.74) is 7.52. The molecule has 0 spiro atoms. The van der Waals surface area contributed by atoms with Gasteiger partial charge in [0.15, 0.2) is 0 Å². The van der Waals surface area contributed by atoms with Gasteiger partial charge in [-0.25, -0.2) is 9.37 Å². The highest BCUT2D eigenvalue weighted by molar-refractivity contribution is 6.30. The van der Waals surface area contributed by atoms with Crippen LogP contribution in [-0.2, 0) is 0 Å². The van der Waals surface area contributed by atoms with Crippen molar-refractivity contribution >= 4 is 17.4 Å². The van der Waals surface area contributed by atoms with Crippen LogP contribution in [0.25, 0.3) is 0 Å². The normalized spacial score (nSPS) is 12.4. The van der Waals surface area contributed by atoms with Crippen LogP contribution in [0.4, 0.5) is 10.2 Å². The van der Waals surface area contributed by atoms with Gasteiger partial charge in [0, 0.05) is 11.8 Å². The van der Waals surface area contributed by atoms with Gasteiger partial charge in [0.25, 0.3) is 0 Å². The number of nitrogens with zero attached hydrogens (tertiary/aromatic N) is 1. The molecule has 1 aromatic heterocycles. The van der Waals surface area contributed by atoms with Crippen molar-refractivity contribution in [3.8, 4) is 0 Å². The SMILES string of the molecule is CNC(c1ccc(F)cc1)c1cc(Cl)cnc1N. The van der Waals surface area contributed by atoms with Crippen molar-refractivity contribution in [1.82, 2.24) is 10.3 Å². The van der Waals surface area contributed by atoms with Gasteiger partial charge in [0.05, 0.1) is 11.1 Å². The monoisotopic (exact) mass is 265 g/mol. The Morgan fingerprint density at radius 2 is 2.00 bits per heavy atom. The van der Waals surface area contributed by atoms with Crippen LogP contribution in [0.2, 0.25) is 5.02 Å². The van der Waals surface area contributed by atoms with Crippen LogP contribution in [0.1, 0.15) is 17.2 Å². The molecule has 94 valence electrons. The van der Waals surface area contributed by atoms with E-state index < -0.39 is 0 Å². The molecule has 1 aromatic carbocycles. The quantitative estimate of drug-likeness (QED) is 0.897. The number of hydrogen-bond acceptors (Lipinski definition) is 3. The van der Waals surface area contributed by atoms with Gasteiger partial charge in [-0.05, 0) is 30.8 Å². The van der Waals surface area contributed by atoms with Crippen molar-refractivity contribution in [2.45, 2.75) is 6.04 Å². The van der Waals surface area contributed by atoms with Crippen LogP contribution in [0.15, 0.2) is 36.5 Å². The molecule has 1 heterocycles. The van der Waals surface area contributed by atoms with E-state index in [9.17, 15) is 4.39 Å². The molecule has 0 bridgehead atoms. The second kappa shape index (κ2) is 5.33. The first kappa shape index (κ1) is 12.8. The van der Waals surface area contributed by atoms with E-state index in [0.717, 1.165) is 11.1 Å². The molecular weight excluding hydrogens is 253 g/mol. The van der Waals surface area contributed by atoms with Gasteiger partial charge in [-0.15, -0.1) is 0 Å². The van der Waals surface area contributed by atoms with Crippen molar-refractivity contribution in [2.24, 2.45) is 0 Å². The Bertz CT molecular complexity index is 542. The van der Waals surface area contributed by atoms with Gasteiger partial charge in [-0.1, -0.05) is 23.7 Å². The molecule has 1 unspecified atom stereocenters. The molecular formula is C13H13ClFN3. The molecule has 2 rings (SSSR count). The fourth-order valence-electron chi connectivity index (χ4n) is 1.85. The number of pyridine rings is 1. The van der Waals surface area contributed by atoms with E-state index in [0.29, 0.717) is 10.8 Å². The van der Waals surface area contributed by atoms with Gasteiger partial charge < -0.3 is 11.1 Å². The number of halogens is 2. The summed E-state index contributed by atoms with van der Waals surface area (Å²) in [7, 11) is 1.80. The largest absolute Gasteiger partial charge is 0.383 e. The number of nitrogens with two attached hydrogens (primary N) is 1. The molecule has 0 amide bonds. The number of rotatable bonds is 3. The van der Waals surface area contributed by atoms with E-state index in [1.807, 2.05) is 0 Å². The maximum atomic E-state index is 12.9. The number of aromatic nitrogens is 1. The van der Waals surface area contributed by atoms with E-state index in [4.69, 9.17) is 17.3 Å². The number of nitrogens with one attached hydrogen (secondary N) is 1.